The lowest BCUT2D eigenvalue weighted by molar-refractivity contribution is 0.0694. The third-order valence-electron chi connectivity index (χ3n) is 2.40. The first kappa shape index (κ1) is 11.3. The Hall–Kier alpha value is -2.24. The summed E-state index contributed by atoms with van der Waals surface area (Å²) in [6.45, 7) is 0. The molecule has 6 heteroatoms. The van der Waals surface area contributed by atoms with Crippen molar-refractivity contribution in [2.45, 2.75) is 18.9 Å². The molecule has 0 heterocycles. The van der Waals surface area contributed by atoms with Crippen molar-refractivity contribution in [3.63, 3.8) is 0 Å². The van der Waals surface area contributed by atoms with Crippen LogP contribution in [0.5, 0.6) is 5.75 Å². The maximum Gasteiger partial charge on any atom is 0.339 e. The number of carbonyl (C=O) groups excluding carboxylic acids is 1. The summed E-state index contributed by atoms with van der Waals surface area (Å²) in [5, 5.41) is 23.4. The van der Waals surface area contributed by atoms with E-state index in [2.05, 4.69) is 10.6 Å². The van der Waals surface area contributed by atoms with Crippen molar-refractivity contribution < 1.29 is 19.8 Å². The van der Waals surface area contributed by atoms with E-state index in [0.717, 1.165) is 12.8 Å². The SMILES string of the molecule is O=C(Nc1ccc(C(=O)O)c(O)c1)NC1CC1. The first-order chi connectivity index (χ1) is 8.06. The number of hydrogen-bond acceptors (Lipinski definition) is 3. The number of hydrogen-bond donors (Lipinski definition) is 4. The Morgan fingerprint density at radius 2 is 2.00 bits per heavy atom. The number of aromatic hydroxyl groups is 1. The predicted octanol–water partition coefficient (Wildman–Crippen LogP) is 1.37. The van der Waals surface area contributed by atoms with Crippen LogP contribution in [0.4, 0.5) is 10.5 Å². The third-order valence-corrected chi connectivity index (χ3v) is 2.40. The van der Waals surface area contributed by atoms with Gasteiger partial charge in [-0.15, -0.1) is 0 Å². The molecule has 0 atom stereocenters. The number of phenols is 1. The van der Waals surface area contributed by atoms with Gasteiger partial charge in [-0.25, -0.2) is 9.59 Å². The number of anilines is 1. The Kier molecular flexibility index (Phi) is 2.86. The Morgan fingerprint density at radius 1 is 1.29 bits per heavy atom. The van der Waals surface area contributed by atoms with E-state index in [1.807, 2.05) is 0 Å². The standard InChI is InChI=1S/C11H12N2O4/c14-9-5-7(3-4-8(9)10(15)16)13-11(17)12-6-1-2-6/h3-6,14H,1-2H2,(H,15,16)(H2,12,13,17). The first-order valence-corrected chi connectivity index (χ1v) is 5.20. The van der Waals surface area contributed by atoms with Crippen LogP contribution in [-0.2, 0) is 0 Å². The van der Waals surface area contributed by atoms with E-state index in [4.69, 9.17) is 5.11 Å². The quantitative estimate of drug-likeness (QED) is 0.637. The molecule has 2 rings (SSSR count). The summed E-state index contributed by atoms with van der Waals surface area (Å²) >= 11 is 0. The number of carboxylic acid groups (broad SMARTS) is 1. The van der Waals surface area contributed by atoms with Crippen LogP contribution in [0.25, 0.3) is 0 Å². The molecule has 0 unspecified atom stereocenters. The lowest BCUT2D eigenvalue weighted by Crippen LogP contribution is -2.30. The van der Waals surface area contributed by atoms with E-state index in [-0.39, 0.29) is 23.4 Å². The van der Waals surface area contributed by atoms with Crippen LogP contribution in [0.15, 0.2) is 18.2 Å². The second-order valence-corrected chi connectivity index (χ2v) is 3.91. The van der Waals surface area contributed by atoms with Crippen LogP contribution >= 0.6 is 0 Å². The van der Waals surface area contributed by atoms with Gasteiger partial charge in [0.05, 0.1) is 0 Å². The maximum absolute atomic E-state index is 11.4. The zero-order valence-corrected chi connectivity index (χ0v) is 8.93. The molecule has 4 N–H and O–H groups in total. The van der Waals surface area contributed by atoms with Crippen molar-refractivity contribution in [1.29, 1.82) is 0 Å². The molecule has 1 fully saturated rings. The molecule has 0 saturated heterocycles. The van der Waals surface area contributed by atoms with Crippen LogP contribution < -0.4 is 10.6 Å². The molecule has 0 bridgehead atoms. The van der Waals surface area contributed by atoms with Gasteiger partial charge in [-0.1, -0.05) is 0 Å². The molecular formula is C11H12N2O4. The van der Waals surface area contributed by atoms with Gasteiger partial charge in [0, 0.05) is 17.8 Å². The molecule has 1 saturated carbocycles. The number of carbonyl (C=O) groups is 2. The van der Waals surface area contributed by atoms with E-state index in [1.165, 1.54) is 18.2 Å². The number of benzene rings is 1. The smallest absolute Gasteiger partial charge is 0.339 e. The largest absolute Gasteiger partial charge is 0.507 e. The Labute approximate surface area is 97.3 Å². The van der Waals surface area contributed by atoms with Gasteiger partial charge in [-0.2, -0.15) is 0 Å². The number of rotatable bonds is 3. The summed E-state index contributed by atoms with van der Waals surface area (Å²) in [6, 6.07) is 3.76. The van der Waals surface area contributed by atoms with Gasteiger partial charge in [0.2, 0.25) is 0 Å². The summed E-state index contributed by atoms with van der Waals surface area (Å²) in [6.07, 6.45) is 1.97. The van der Waals surface area contributed by atoms with E-state index >= 15 is 0 Å². The number of nitrogens with one attached hydrogen (secondary N) is 2. The third kappa shape index (κ3) is 2.87. The number of urea groups is 1. The van der Waals surface area contributed by atoms with Gasteiger partial charge < -0.3 is 20.8 Å². The van der Waals surface area contributed by atoms with Crippen molar-refractivity contribution in [2.24, 2.45) is 0 Å². The highest BCUT2D eigenvalue weighted by molar-refractivity contribution is 5.94. The number of aromatic carboxylic acids is 1. The van der Waals surface area contributed by atoms with Crippen molar-refractivity contribution in [3.05, 3.63) is 23.8 Å². The molecular weight excluding hydrogens is 224 g/mol. The van der Waals surface area contributed by atoms with E-state index in [0.29, 0.717) is 5.69 Å². The van der Waals surface area contributed by atoms with Crippen LogP contribution in [0.2, 0.25) is 0 Å². The second-order valence-electron chi connectivity index (χ2n) is 3.91. The molecule has 0 aliphatic heterocycles. The van der Waals surface area contributed by atoms with Crippen LogP contribution in [0.3, 0.4) is 0 Å². The highest BCUT2D eigenvalue weighted by Gasteiger charge is 2.23. The van der Waals surface area contributed by atoms with Gasteiger partial charge in [0.15, 0.2) is 0 Å². The summed E-state index contributed by atoms with van der Waals surface area (Å²) in [5.41, 5.74) is 0.156. The Bertz CT molecular complexity index is 469. The summed E-state index contributed by atoms with van der Waals surface area (Å²) in [4.78, 5) is 22.0. The zero-order valence-electron chi connectivity index (χ0n) is 8.93. The number of carboxylic acids is 1. The average molecular weight is 236 g/mol. The van der Waals surface area contributed by atoms with Crippen LogP contribution in [0.1, 0.15) is 23.2 Å². The molecule has 1 aromatic carbocycles. The van der Waals surface area contributed by atoms with Crippen molar-refractivity contribution in [3.8, 4) is 5.75 Å². The van der Waals surface area contributed by atoms with Gasteiger partial charge in [-0.3, -0.25) is 0 Å². The lowest BCUT2D eigenvalue weighted by Gasteiger charge is -2.07. The molecule has 1 aliphatic rings. The highest BCUT2D eigenvalue weighted by Crippen LogP contribution is 2.22. The Balaban J connectivity index is 2.03. The molecule has 90 valence electrons. The molecule has 1 aliphatic carbocycles. The minimum absolute atomic E-state index is 0.196. The molecule has 1 aromatic rings. The van der Waals surface area contributed by atoms with E-state index in [9.17, 15) is 14.7 Å². The summed E-state index contributed by atoms with van der Waals surface area (Å²) in [5.74, 6) is -1.58. The van der Waals surface area contributed by atoms with Crippen LogP contribution in [0, 0.1) is 0 Å². The maximum atomic E-state index is 11.4. The van der Waals surface area contributed by atoms with Crippen molar-refractivity contribution >= 4 is 17.7 Å². The highest BCUT2D eigenvalue weighted by atomic mass is 16.4. The molecule has 17 heavy (non-hydrogen) atoms. The molecule has 0 aromatic heterocycles. The van der Waals surface area contributed by atoms with Crippen molar-refractivity contribution in [1.82, 2.24) is 5.32 Å². The van der Waals surface area contributed by atoms with Crippen molar-refractivity contribution in [2.75, 3.05) is 5.32 Å². The van der Waals surface area contributed by atoms with Gasteiger partial charge in [0.1, 0.15) is 11.3 Å². The zero-order chi connectivity index (χ0) is 12.4. The van der Waals surface area contributed by atoms with Gasteiger partial charge >= 0.3 is 12.0 Å². The van der Waals surface area contributed by atoms with Crippen LogP contribution in [-0.4, -0.2) is 28.3 Å². The predicted molar refractivity (Wildman–Crippen MR) is 60.2 cm³/mol. The van der Waals surface area contributed by atoms with Gasteiger partial charge in [0.25, 0.3) is 0 Å². The molecule has 2 amide bonds. The minimum atomic E-state index is -1.21. The van der Waals surface area contributed by atoms with Gasteiger partial charge in [-0.05, 0) is 25.0 Å². The lowest BCUT2D eigenvalue weighted by atomic mass is 10.2. The fraction of sp³-hybridized carbons (Fsp3) is 0.273. The minimum Gasteiger partial charge on any atom is -0.507 e. The fourth-order valence-corrected chi connectivity index (χ4v) is 1.37. The fourth-order valence-electron chi connectivity index (χ4n) is 1.37. The monoisotopic (exact) mass is 236 g/mol. The molecule has 0 radical (unpaired) electrons. The normalized spacial score (nSPS) is 14.1. The molecule has 0 spiro atoms. The summed E-state index contributed by atoms with van der Waals surface area (Å²) in [7, 11) is 0. The average Bonchev–Trinajstić information content (AvgIpc) is 3.00. The second kappa shape index (κ2) is 4.32. The molecule has 6 nitrogen and oxygen atoms in total. The Morgan fingerprint density at radius 3 is 2.53 bits per heavy atom. The topological polar surface area (TPSA) is 98.7 Å². The first-order valence-electron chi connectivity index (χ1n) is 5.20. The summed E-state index contributed by atoms with van der Waals surface area (Å²) < 4.78 is 0. The number of amides is 2. The van der Waals surface area contributed by atoms with E-state index < -0.39 is 5.97 Å². The van der Waals surface area contributed by atoms with E-state index in [1.54, 1.807) is 0 Å².